The summed E-state index contributed by atoms with van der Waals surface area (Å²) in [6.45, 7) is 3.03. The molecule has 0 radical (unpaired) electrons. The van der Waals surface area contributed by atoms with Crippen molar-refractivity contribution >= 4 is 11.0 Å². The molecule has 0 N–H and O–H groups in total. The number of hydrogen-bond acceptors (Lipinski definition) is 2. The summed E-state index contributed by atoms with van der Waals surface area (Å²) in [5, 5.41) is 1.22. The number of ether oxygens (including phenoxy) is 1. The normalized spacial score (nSPS) is 20.9. The third-order valence-electron chi connectivity index (χ3n) is 3.49. The molecule has 90 valence electrons. The van der Waals surface area contributed by atoms with E-state index >= 15 is 0 Å². The minimum absolute atomic E-state index is 0.182. The molecule has 17 heavy (non-hydrogen) atoms. The van der Waals surface area contributed by atoms with Gasteiger partial charge in [0.25, 0.3) is 0 Å². The van der Waals surface area contributed by atoms with Crippen LogP contribution in [-0.4, -0.2) is 16.2 Å². The molecule has 2 aromatic heterocycles. The fourth-order valence-electron chi connectivity index (χ4n) is 2.46. The van der Waals surface area contributed by atoms with Gasteiger partial charge in [0.05, 0.1) is 0 Å². The number of rotatable bonds is 2. The lowest BCUT2D eigenvalue weighted by Gasteiger charge is -2.24. The third kappa shape index (κ3) is 1.95. The Labute approximate surface area is 101 Å². The zero-order valence-electron chi connectivity index (χ0n) is 10.2. The predicted molar refractivity (Wildman–Crippen MR) is 68.0 cm³/mol. The molecule has 3 rings (SSSR count). The van der Waals surface area contributed by atoms with Crippen LogP contribution in [0.25, 0.3) is 11.0 Å². The molecule has 0 aliphatic carbocycles. The Hall–Kier alpha value is -1.35. The largest absolute Gasteiger partial charge is 0.358 e. The number of pyridine rings is 1. The molecule has 1 unspecified atom stereocenters. The summed E-state index contributed by atoms with van der Waals surface area (Å²) in [6.07, 6.45) is 8.82. The van der Waals surface area contributed by atoms with Crippen LogP contribution < -0.4 is 0 Å². The lowest BCUT2D eigenvalue weighted by molar-refractivity contribution is -0.0294. The summed E-state index contributed by atoms with van der Waals surface area (Å²) in [7, 11) is 0. The fraction of sp³-hybridized carbons (Fsp3) is 0.500. The highest BCUT2D eigenvalue weighted by Gasteiger charge is 2.17. The van der Waals surface area contributed by atoms with E-state index in [1.165, 1.54) is 23.8 Å². The number of fused-ring (bicyclic) bond motifs is 1. The van der Waals surface area contributed by atoms with Crippen LogP contribution in [0.5, 0.6) is 0 Å². The van der Waals surface area contributed by atoms with E-state index in [4.69, 9.17) is 4.74 Å². The molecule has 3 nitrogen and oxygen atoms in total. The van der Waals surface area contributed by atoms with Gasteiger partial charge in [0.2, 0.25) is 0 Å². The SMILES string of the molecule is CCc1cnc2c(ccn2C2CCCCO2)c1. The summed E-state index contributed by atoms with van der Waals surface area (Å²) in [5.41, 5.74) is 2.34. The van der Waals surface area contributed by atoms with E-state index in [0.29, 0.717) is 0 Å². The Morgan fingerprint density at radius 2 is 2.41 bits per heavy atom. The summed E-state index contributed by atoms with van der Waals surface area (Å²) in [6, 6.07) is 4.36. The highest BCUT2D eigenvalue weighted by Crippen LogP contribution is 2.26. The molecule has 1 atom stereocenters. The van der Waals surface area contributed by atoms with E-state index in [-0.39, 0.29) is 6.23 Å². The Bertz CT molecular complexity index is 512. The molecule has 0 bridgehead atoms. The van der Waals surface area contributed by atoms with Crippen molar-refractivity contribution in [3.63, 3.8) is 0 Å². The number of hydrogen-bond donors (Lipinski definition) is 0. The Kier molecular flexibility index (Phi) is 2.85. The summed E-state index contributed by atoms with van der Waals surface area (Å²) in [4.78, 5) is 4.57. The van der Waals surface area contributed by atoms with Crippen LogP contribution in [0.1, 0.15) is 38.0 Å². The molecule has 0 aromatic carbocycles. The molecule has 1 aliphatic heterocycles. The minimum Gasteiger partial charge on any atom is -0.358 e. The highest BCUT2D eigenvalue weighted by molar-refractivity contribution is 5.76. The number of aryl methyl sites for hydroxylation is 1. The third-order valence-corrected chi connectivity index (χ3v) is 3.49. The summed E-state index contributed by atoms with van der Waals surface area (Å²) < 4.78 is 7.98. The van der Waals surface area contributed by atoms with Gasteiger partial charge in [-0.05, 0) is 43.4 Å². The predicted octanol–water partition coefficient (Wildman–Crippen LogP) is 3.30. The molecule has 0 spiro atoms. The molecule has 3 heteroatoms. The van der Waals surface area contributed by atoms with Crippen molar-refractivity contribution in [2.45, 2.75) is 38.8 Å². The van der Waals surface area contributed by atoms with Gasteiger partial charge < -0.3 is 9.30 Å². The van der Waals surface area contributed by atoms with Gasteiger partial charge in [0.1, 0.15) is 11.9 Å². The zero-order chi connectivity index (χ0) is 11.7. The van der Waals surface area contributed by atoms with Crippen LogP contribution in [-0.2, 0) is 11.2 Å². The molecule has 0 saturated carbocycles. The van der Waals surface area contributed by atoms with Gasteiger partial charge in [-0.15, -0.1) is 0 Å². The molecule has 1 saturated heterocycles. The highest BCUT2D eigenvalue weighted by atomic mass is 16.5. The zero-order valence-corrected chi connectivity index (χ0v) is 10.2. The lowest BCUT2D eigenvalue weighted by atomic mass is 10.2. The second kappa shape index (κ2) is 4.49. The maximum atomic E-state index is 5.81. The standard InChI is InChI=1S/C14H18N2O/c1-2-11-9-12-6-7-16(14(12)15-10-11)13-5-3-4-8-17-13/h6-7,9-10,13H,2-5,8H2,1H3. The van der Waals surface area contributed by atoms with Crippen LogP contribution in [0.15, 0.2) is 24.5 Å². The van der Waals surface area contributed by atoms with E-state index in [1.807, 2.05) is 6.20 Å². The van der Waals surface area contributed by atoms with Crippen molar-refractivity contribution in [2.75, 3.05) is 6.61 Å². The monoisotopic (exact) mass is 230 g/mol. The Morgan fingerprint density at radius 3 is 3.18 bits per heavy atom. The van der Waals surface area contributed by atoms with Crippen LogP contribution in [0.3, 0.4) is 0 Å². The van der Waals surface area contributed by atoms with Crippen LogP contribution in [0.4, 0.5) is 0 Å². The summed E-state index contributed by atoms with van der Waals surface area (Å²) in [5.74, 6) is 0. The van der Waals surface area contributed by atoms with Crippen LogP contribution in [0, 0.1) is 0 Å². The first-order valence-electron chi connectivity index (χ1n) is 6.45. The van der Waals surface area contributed by atoms with Gasteiger partial charge >= 0.3 is 0 Å². The molecule has 2 aromatic rings. The van der Waals surface area contributed by atoms with Crippen molar-refractivity contribution in [2.24, 2.45) is 0 Å². The minimum atomic E-state index is 0.182. The maximum Gasteiger partial charge on any atom is 0.141 e. The van der Waals surface area contributed by atoms with Gasteiger partial charge in [-0.1, -0.05) is 6.92 Å². The van der Waals surface area contributed by atoms with E-state index in [9.17, 15) is 0 Å². The van der Waals surface area contributed by atoms with Gasteiger partial charge in [-0.3, -0.25) is 0 Å². The fourth-order valence-corrected chi connectivity index (χ4v) is 2.46. The van der Waals surface area contributed by atoms with E-state index in [0.717, 1.165) is 25.1 Å². The van der Waals surface area contributed by atoms with Crippen LogP contribution in [0.2, 0.25) is 0 Å². The average Bonchev–Trinajstić information content (AvgIpc) is 2.82. The van der Waals surface area contributed by atoms with E-state index in [1.54, 1.807) is 0 Å². The first-order chi connectivity index (χ1) is 8.38. The first-order valence-corrected chi connectivity index (χ1v) is 6.45. The van der Waals surface area contributed by atoms with Crippen molar-refractivity contribution in [3.8, 4) is 0 Å². The average molecular weight is 230 g/mol. The number of nitrogens with zero attached hydrogens (tertiary/aromatic N) is 2. The topological polar surface area (TPSA) is 27.1 Å². The van der Waals surface area contributed by atoms with Crippen molar-refractivity contribution in [1.29, 1.82) is 0 Å². The van der Waals surface area contributed by atoms with Gasteiger partial charge in [-0.25, -0.2) is 4.98 Å². The second-order valence-corrected chi connectivity index (χ2v) is 4.65. The lowest BCUT2D eigenvalue weighted by Crippen LogP contribution is -2.17. The molecule has 1 fully saturated rings. The van der Waals surface area contributed by atoms with Crippen molar-refractivity contribution in [1.82, 2.24) is 9.55 Å². The molecule has 1 aliphatic rings. The number of aromatic nitrogens is 2. The first kappa shape index (κ1) is 10.8. The quantitative estimate of drug-likeness (QED) is 0.791. The molecule has 0 amide bonds. The smallest absolute Gasteiger partial charge is 0.141 e. The Morgan fingerprint density at radius 1 is 1.47 bits per heavy atom. The van der Waals surface area contributed by atoms with Gasteiger partial charge in [-0.2, -0.15) is 0 Å². The summed E-state index contributed by atoms with van der Waals surface area (Å²) >= 11 is 0. The van der Waals surface area contributed by atoms with Crippen molar-refractivity contribution in [3.05, 3.63) is 30.1 Å². The molecular formula is C14H18N2O. The van der Waals surface area contributed by atoms with Gasteiger partial charge in [0, 0.05) is 24.4 Å². The molecule has 3 heterocycles. The van der Waals surface area contributed by atoms with E-state index in [2.05, 4.69) is 34.8 Å². The van der Waals surface area contributed by atoms with Crippen LogP contribution >= 0.6 is 0 Å². The van der Waals surface area contributed by atoms with Gasteiger partial charge in [0.15, 0.2) is 0 Å². The molecular weight excluding hydrogens is 212 g/mol. The van der Waals surface area contributed by atoms with E-state index < -0.39 is 0 Å². The second-order valence-electron chi connectivity index (χ2n) is 4.65. The van der Waals surface area contributed by atoms with Crippen molar-refractivity contribution < 1.29 is 4.74 Å². The Balaban J connectivity index is 1.99. The maximum absolute atomic E-state index is 5.81.